The third-order valence-electron chi connectivity index (χ3n) is 5.96. The fraction of sp³-hybridized carbons (Fsp3) is 0.200. The minimum Gasteiger partial charge on any atom is -0.368 e. The number of anilines is 1. The molecule has 1 aliphatic heterocycles. The van der Waals surface area contributed by atoms with E-state index in [9.17, 15) is 4.79 Å². The SMILES string of the molecule is Cl.Cn1c(-c2ccccc2)c(C(=O)N2CCN(c3ccncc3)CC2)c2ccccc21. The predicted octanol–water partition coefficient (Wildman–Crippen LogP) is 4.62. The van der Waals surface area contributed by atoms with Crippen LogP contribution in [0.4, 0.5) is 5.69 Å². The van der Waals surface area contributed by atoms with Crippen molar-refractivity contribution in [1.29, 1.82) is 0 Å². The van der Waals surface area contributed by atoms with Gasteiger partial charge in [0.05, 0.1) is 11.3 Å². The lowest BCUT2D eigenvalue weighted by atomic mass is 10.0. The van der Waals surface area contributed by atoms with E-state index in [1.54, 1.807) is 0 Å². The molecule has 0 saturated carbocycles. The highest BCUT2D eigenvalue weighted by molar-refractivity contribution is 6.12. The normalized spacial score (nSPS) is 13.8. The lowest BCUT2D eigenvalue weighted by Gasteiger charge is -2.36. The molecule has 1 fully saturated rings. The molecule has 0 spiro atoms. The Bertz CT molecular complexity index is 1180. The number of carbonyl (C=O) groups excluding carboxylic acids is 1. The van der Waals surface area contributed by atoms with Crippen LogP contribution in [0.2, 0.25) is 0 Å². The zero-order valence-corrected chi connectivity index (χ0v) is 18.3. The summed E-state index contributed by atoms with van der Waals surface area (Å²) in [4.78, 5) is 22.2. The van der Waals surface area contributed by atoms with E-state index >= 15 is 0 Å². The minimum atomic E-state index is 0. The van der Waals surface area contributed by atoms with Crippen LogP contribution < -0.4 is 4.90 Å². The molecule has 0 atom stereocenters. The molecule has 0 N–H and O–H groups in total. The predicted molar refractivity (Wildman–Crippen MR) is 128 cm³/mol. The topological polar surface area (TPSA) is 41.4 Å². The number of nitrogens with zero attached hydrogens (tertiary/aromatic N) is 4. The highest BCUT2D eigenvalue weighted by Crippen LogP contribution is 2.34. The number of fused-ring (bicyclic) bond motifs is 1. The van der Waals surface area contributed by atoms with E-state index < -0.39 is 0 Å². The first-order valence-electron chi connectivity index (χ1n) is 10.3. The first-order valence-corrected chi connectivity index (χ1v) is 10.3. The van der Waals surface area contributed by atoms with Crippen molar-refractivity contribution < 1.29 is 4.79 Å². The Morgan fingerprint density at radius 1 is 0.839 bits per heavy atom. The Hall–Kier alpha value is -3.31. The Morgan fingerprint density at radius 2 is 1.48 bits per heavy atom. The molecule has 0 radical (unpaired) electrons. The molecule has 5 nitrogen and oxygen atoms in total. The number of rotatable bonds is 3. The molecular formula is C25H25ClN4O. The van der Waals surface area contributed by atoms with E-state index in [1.165, 1.54) is 0 Å². The zero-order chi connectivity index (χ0) is 20.5. The standard InChI is InChI=1S/C25H24N4O.ClH/c1-27-22-10-6-5-9-21(22)23(24(27)19-7-3-2-4-8-19)25(30)29-17-15-28(16-18-29)20-11-13-26-14-12-20;/h2-14H,15-18H2,1H3;1H. The molecule has 2 aromatic heterocycles. The number of amides is 1. The number of aryl methyl sites for hydroxylation is 1. The maximum Gasteiger partial charge on any atom is 0.256 e. The van der Waals surface area contributed by atoms with E-state index in [0.717, 1.165) is 46.5 Å². The van der Waals surface area contributed by atoms with E-state index in [4.69, 9.17) is 0 Å². The number of pyridine rings is 1. The second kappa shape index (κ2) is 8.82. The van der Waals surface area contributed by atoms with Gasteiger partial charge in [0, 0.05) is 62.2 Å². The minimum absolute atomic E-state index is 0. The summed E-state index contributed by atoms with van der Waals surface area (Å²) in [6.07, 6.45) is 3.63. The van der Waals surface area contributed by atoms with Gasteiger partial charge in [-0.3, -0.25) is 9.78 Å². The lowest BCUT2D eigenvalue weighted by Crippen LogP contribution is -2.48. The fourth-order valence-corrected chi connectivity index (χ4v) is 4.42. The molecular weight excluding hydrogens is 408 g/mol. The summed E-state index contributed by atoms with van der Waals surface area (Å²) in [6.45, 7) is 3.06. The summed E-state index contributed by atoms with van der Waals surface area (Å²) < 4.78 is 2.14. The first kappa shape index (κ1) is 20.9. The molecule has 5 rings (SSSR count). The maximum absolute atomic E-state index is 13.7. The number of para-hydroxylation sites is 1. The summed E-state index contributed by atoms with van der Waals surface area (Å²) in [5.41, 5.74) is 5.09. The quantitative estimate of drug-likeness (QED) is 0.474. The molecule has 1 aliphatic rings. The number of halogens is 1. The van der Waals surface area contributed by atoms with Crippen molar-refractivity contribution in [2.24, 2.45) is 7.05 Å². The van der Waals surface area contributed by atoms with Gasteiger partial charge in [0.2, 0.25) is 0 Å². The third-order valence-corrected chi connectivity index (χ3v) is 5.96. The molecule has 0 aliphatic carbocycles. The van der Waals surface area contributed by atoms with Crippen molar-refractivity contribution in [3.8, 4) is 11.3 Å². The van der Waals surface area contributed by atoms with E-state index in [2.05, 4.69) is 38.7 Å². The van der Waals surface area contributed by atoms with E-state index in [0.29, 0.717) is 13.1 Å². The summed E-state index contributed by atoms with van der Waals surface area (Å²) in [5, 5.41) is 1.01. The second-order valence-corrected chi connectivity index (χ2v) is 7.65. The van der Waals surface area contributed by atoms with Gasteiger partial charge in [-0.15, -0.1) is 12.4 Å². The van der Waals surface area contributed by atoms with Gasteiger partial charge in [-0.25, -0.2) is 0 Å². The van der Waals surface area contributed by atoms with E-state index in [1.807, 2.05) is 66.8 Å². The summed E-state index contributed by atoms with van der Waals surface area (Å²) in [7, 11) is 2.04. The van der Waals surface area contributed by atoms with Gasteiger partial charge >= 0.3 is 0 Å². The monoisotopic (exact) mass is 432 g/mol. The Labute approximate surface area is 188 Å². The van der Waals surface area contributed by atoms with Crippen LogP contribution in [0.1, 0.15) is 10.4 Å². The molecule has 2 aromatic carbocycles. The van der Waals surface area contributed by atoms with Crippen LogP contribution in [0.25, 0.3) is 22.2 Å². The van der Waals surface area contributed by atoms with Crippen LogP contribution in [-0.4, -0.2) is 46.5 Å². The van der Waals surface area contributed by atoms with Gasteiger partial charge in [0.1, 0.15) is 0 Å². The highest BCUT2D eigenvalue weighted by Gasteiger charge is 2.28. The Balaban J connectivity index is 0.00000231. The van der Waals surface area contributed by atoms with Crippen molar-refractivity contribution >= 4 is 34.9 Å². The molecule has 158 valence electrons. The van der Waals surface area contributed by atoms with Crippen molar-refractivity contribution in [1.82, 2.24) is 14.5 Å². The number of benzene rings is 2. The number of hydrogen-bond donors (Lipinski definition) is 0. The van der Waals surface area contributed by atoms with E-state index in [-0.39, 0.29) is 18.3 Å². The summed E-state index contributed by atoms with van der Waals surface area (Å²) in [5.74, 6) is 0.111. The van der Waals surface area contributed by atoms with Crippen molar-refractivity contribution in [3.63, 3.8) is 0 Å². The second-order valence-electron chi connectivity index (χ2n) is 7.65. The van der Waals surface area contributed by atoms with Crippen molar-refractivity contribution in [2.75, 3.05) is 31.1 Å². The van der Waals surface area contributed by atoms with Gasteiger partial charge in [-0.05, 0) is 23.8 Å². The van der Waals surface area contributed by atoms with Crippen LogP contribution in [-0.2, 0) is 7.05 Å². The number of piperazine rings is 1. The van der Waals surface area contributed by atoms with Crippen LogP contribution in [0.3, 0.4) is 0 Å². The number of carbonyl (C=O) groups is 1. The lowest BCUT2D eigenvalue weighted by molar-refractivity contribution is 0.0749. The van der Waals surface area contributed by atoms with Crippen LogP contribution in [0.15, 0.2) is 79.1 Å². The van der Waals surface area contributed by atoms with Gasteiger partial charge in [-0.1, -0.05) is 48.5 Å². The molecule has 1 saturated heterocycles. The van der Waals surface area contributed by atoms with Crippen LogP contribution >= 0.6 is 12.4 Å². The first-order chi connectivity index (χ1) is 14.7. The molecule has 0 unspecified atom stereocenters. The van der Waals surface area contributed by atoms with Gasteiger partial charge in [0.25, 0.3) is 5.91 Å². The molecule has 31 heavy (non-hydrogen) atoms. The van der Waals surface area contributed by atoms with Crippen LogP contribution in [0, 0.1) is 0 Å². The average Bonchev–Trinajstić information content (AvgIpc) is 3.12. The molecule has 1 amide bonds. The highest BCUT2D eigenvalue weighted by atomic mass is 35.5. The third kappa shape index (κ3) is 3.77. The molecule has 4 aromatic rings. The number of hydrogen-bond acceptors (Lipinski definition) is 3. The average molecular weight is 433 g/mol. The fourth-order valence-electron chi connectivity index (χ4n) is 4.42. The van der Waals surface area contributed by atoms with Crippen molar-refractivity contribution in [3.05, 3.63) is 84.7 Å². The Kier molecular flexibility index (Phi) is 5.96. The molecule has 6 heteroatoms. The largest absolute Gasteiger partial charge is 0.368 e. The molecule has 3 heterocycles. The summed E-state index contributed by atoms with van der Waals surface area (Å²) in [6, 6.07) is 22.4. The smallest absolute Gasteiger partial charge is 0.256 e. The van der Waals surface area contributed by atoms with Gasteiger partial charge in [0.15, 0.2) is 0 Å². The van der Waals surface area contributed by atoms with Gasteiger partial charge in [-0.2, -0.15) is 0 Å². The Morgan fingerprint density at radius 3 is 2.19 bits per heavy atom. The van der Waals surface area contributed by atoms with Crippen LogP contribution in [0.5, 0.6) is 0 Å². The number of aromatic nitrogens is 2. The van der Waals surface area contributed by atoms with Gasteiger partial charge < -0.3 is 14.4 Å². The maximum atomic E-state index is 13.7. The zero-order valence-electron chi connectivity index (χ0n) is 17.4. The van der Waals surface area contributed by atoms with Crippen molar-refractivity contribution in [2.45, 2.75) is 0 Å². The summed E-state index contributed by atoms with van der Waals surface area (Å²) >= 11 is 0. The molecule has 0 bridgehead atoms.